The van der Waals surface area contributed by atoms with E-state index in [0.29, 0.717) is 35.3 Å². The summed E-state index contributed by atoms with van der Waals surface area (Å²) in [7, 11) is 0. The zero-order valence-corrected chi connectivity index (χ0v) is 15.8. The van der Waals surface area contributed by atoms with Crippen LogP contribution in [0.2, 0.25) is 10.0 Å². The minimum Gasteiger partial charge on any atom is -0.484 e. The van der Waals surface area contributed by atoms with Gasteiger partial charge in [-0.3, -0.25) is 9.69 Å². The van der Waals surface area contributed by atoms with E-state index >= 15 is 0 Å². The second kappa shape index (κ2) is 10.4. The molecule has 0 aliphatic rings. The number of benzene rings is 2. The van der Waals surface area contributed by atoms with Crippen LogP contribution < -0.4 is 10.5 Å². The van der Waals surface area contributed by atoms with Gasteiger partial charge < -0.3 is 15.6 Å². The number of carbonyl (C=O) groups excluding carboxylic acids is 1. The number of ether oxygens (including phenoxy) is 1. The maximum atomic E-state index is 10.9. The third kappa shape index (κ3) is 6.84. The predicted molar refractivity (Wildman–Crippen MR) is 103 cm³/mol. The van der Waals surface area contributed by atoms with Crippen LogP contribution >= 0.6 is 23.2 Å². The molecule has 3 N–H and O–H groups in total. The van der Waals surface area contributed by atoms with Crippen LogP contribution in [0, 0.1) is 0 Å². The van der Waals surface area contributed by atoms with Crippen LogP contribution in [-0.2, 0) is 17.9 Å². The van der Waals surface area contributed by atoms with Gasteiger partial charge in [-0.15, -0.1) is 0 Å². The molecule has 0 unspecified atom stereocenters. The number of halogens is 2. The average Bonchev–Trinajstić information content (AvgIpc) is 2.61. The van der Waals surface area contributed by atoms with Crippen molar-refractivity contribution < 1.29 is 14.6 Å². The number of nitrogens with zero attached hydrogens (tertiary/aromatic N) is 1. The number of aliphatic hydroxyl groups excluding tert-OH is 1. The first-order valence-electron chi connectivity index (χ1n) is 8.25. The Balaban J connectivity index is 2.07. The minimum absolute atomic E-state index is 0.125. The number of amides is 1. The number of hydrogen-bond donors (Lipinski definition) is 2. The molecule has 5 nitrogen and oxygen atoms in total. The molecule has 7 heteroatoms. The quantitative estimate of drug-likeness (QED) is 0.646. The number of hydrogen-bond acceptors (Lipinski definition) is 4. The molecule has 140 valence electrons. The minimum atomic E-state index is -0.514. The summed E-state index contributed by atoms with van der Waals surface area (Å²) >= 11 is 12.1. The molecule has 1 amide bonds. The molecule has 0 radical (unpaired) electrons. The van der Waals surface area contributed by atoms with Crippen LogP contribution in [0.3, 0.4) is 0 Å². The molecule has 0 aliphatic carbocycles. The van der Waals surface area contributed by atoms with Gasteiger partial charge in [0.1, 0.15) is 5.75 Å². The third-order valence-electron chi connectivity index (χ3n) is 3.71. The van der Waals surface area contributed by atoms with Crippen LogP contribution in [-0.4, -0.2) is 35.7 Å². The standard InChI is InChI=1S/C19H22Cl2N2O3/c20-17-6-5-15(10-18(17)21)12-23(7-2-8-24)11-14-3-1-4-16(9-14)26-13-19(22)25/h1,3-6,9-10,24H,2,7-8,11-13H2,(H2,22,25). The Kier molecular flexibility index (Phi) is 8.19. The fourth-order valence-electron chi connectivity index (χ4n) is 2.55. The number of nitrogens with two attached hydrogens (primary N) is 1. The summed E-state index contributed by atoms with van der Waals surface area (Å²) in [4.78, 5) is 13.1. The van der Waals surface area contributed by atoms with E-state index in [9.17, 15) is 4.79 Å². The first kappa shape index (κ1) is 20.5. The van der Waals surface area contributed by atoms with Gasteiger partial charge in [-0.05, 0) is 41.8 Å². The second-order valence-corrected chi connectivity index (χ2v) is 6.75. The average molecular weight is 397 g/mol. The van der Waals surface area contributed by atoms with Gasteiger partial charge in [0.25, 0.3) is 5.91 Å². The lowest BCUT2D eigenvalue weighted by Gasteiger charge is -2.23. The van der Waals surface area contributed by atoms with Crippen molar-refractivity contribution in [1.29, 1.82) is 0 Å². The van der Waals surface area contributed by atoms with Crippen molar-refractivity contribution in [1.82, 2.24) is 4.90 Å². The van der Waals surface area contributed by atoms with Crippen molar-refractivity contribution >= 4 is 29.1 Å². The van der Waals surface area contributed by atoms with E-state index in [0.717, 1.165) is 17.7 Å². The SMILES string of the molecule is NC(=O)COc1cccc(CN(CCCO)Cc2ccc(Cl)c(Cl)c2)c1. The van der Waals surface area contributed by atoms with Crippen molar-refractivity contribution in [3.05, 3.63) is 63.6 Å². The molecular weight excluding hydrogens is 375 g/mol. The maximum absolute atomic E-state index is 10.9. The van der Waals surface area contributed by atoms with Crippen LogP contribution in [0.25, 0.3) is 0 Å². The summed E-state index contributed by atoms with van der Waals surface area (Å²) in [6, 6.07) is 13.1. The van der Waals surface area contributed by atoms with Crippen molar-refractivity contribution in [3.8, 4) is 5.75 Å². The topological polar surface area (TPSA) is 75.8 Å². The Hall–Kier alpha value is -1.79. The Morgan fingerprint density at radius 2 is 1.81 bits per heavy atom. The number of carbonyl (C=O) groups is 1. The van der Waals surface area contributed by atoms with E-state index in [1.807, 2.05) is 30.3 Å². The van der Waals surface area contributed by atoms with Crippen LogP contribution in [0.4, 0.5) is 0 Å². The molecule has 0 saturated carbocycles. The molecule has 0 fully saturated rings. The lowest BCUT2D eigenvalue weighted by Crippen LogP contribution is -2.25. The maximum Gasteiger partial charge on any atom is 0.255 e. The Morgan fingerprint density at radius 3 is 2.46 bits per heavy atom. The van der Waals surface area contributed by atoms with Crippen molar-refractivity contribution in [2.45, 2.75) is 19.5 Å². The fourth-order valence-corrected chi connectivity index (χ4v) is 2.87. The fraction of sp³-hybridized carbons (Fsp3) is 0.316. The molecule has 0 spiro atoms. The van der Waals surface area contributed by atoms with Crippen LogP contribution in [0.5, 0.6) is 5.75 Å². The highest BCUT2D eigenvalue weighted by Crippen LogP contribution is 2.24. The smallest absolute Gasteiger partial charge is 0.255 e. The highest BCUT2D eigenvalue weighted by atomic mass is 35.5. The summed E-state index contributed by atoms with van der Waals surface area (Å²) < 4.78 is 5.35. The number of aliphatic hydroxyl groups is 1. The molecule has 2 aromatic rings. The molecule has 2 aromatic carbocycles. The van der Waals surface area contributed by atoms with E-state index in [2.05, 4.69) is 4.90 Å². The first-order chi connectivity index (χ1) is 12.5. The Morgan fingerprint density at radius 1 is 1.08 bits per heavy atom. The number of primary amides is 1. The van der Waals surface area contributed by atoms with E-state index in [4.69, 9.17) is 38.8 Å². The number of rotatable bonds is 10. The van der Waals surface area contributed by atoms with Gasteiger partial charge in [0.05, 0.1) is 10.0 Å². The van der Waals surface area contributed by atoms with Crippen molar-refractivity contribution in [2.24, 2.45) is 5.73 Å². The molecular formula is C19H22Cl2N2O3. The van der Waals surface area contributed by atoms with E-state index in [-0.39, 0.29) is 13.2 Å². The predicted octanol–water partition coefficient (Wildman–Crippen LogP) is 3.24. The normalized spacial score (nSPS) is 10.9. The second-order valence-electron chi connectivity index (χ2n) is 5.94. The van der Waals surface area contributed by atoms with Gasteiger partial charge in [-0.25, -0.2) is 0 Å². The molecule has 0 atom stereocenters. The van der Waals surface area contributed by atoms with Gasteiger partial charge in [-0.1, -0.05) is 41.4 Å². The van der Waals surface area contributed by atoms with E-state index < -0.39 is 5.91 Å². The lowest BCUT2D eigenvalue weighted by atomic mass is 10.1. The van der Waals surface area contributed by atoms with Crippen molar-refractivity contribution in [2.75, 3.05) is 19.8 Å². The lowest BCUT2D eigenvalue weighted by molar-refractivity contribution is -0.119. The van der Waals surface area contributed by atoms with Crippen molar-refractivity contribution in [3.63, 3.8) is 0 Å². The molecule has 0 saturated heterocycles. The molecule has 0 aromatic heterocycles. The van der Waals surface area contributed by atoms with Gasteiger partial charge in [0.2, 0.25) is 0 Å². The van der Waals surface area contributed by atoms with Gasteiger partial charge >= 0.3 is 0 Å². The monoisotopic (exact) mass is 396 g/mol. The molecule has 26 heavy (non-hydrogen) atoms. The summed E-state index contributed by atoms with van der Waals surface area (Å²) in [5, 5.41) is 10.2. The first-order valence-corrected chi connectivity index (χ1v) is 9.00. The van der Waals surface area contributed by atoms with Gasteiger partial charge in [0.15, 0.2) is 6.61 Å². The summed E-state index contributed by atoms with van der Waals surface area (Å²) in [5.74, 6) is 0.0811. The van der Waals surface area contributed by atoms with E-state index in [1.165, 1.54) is 0 Å². The zero-order chi connectivity index (χ0) is 18.9. The van der Waals surface area contributed by atoms with Gasteiger partial charge in [-0.2, -0.15) is 0 Å². The highest BCUT2D eigenvalue weighted by molar-refractivity contribution is 6.42. The van der Waals surface area contributed by atoms with Crippen LogP contribution in [0.1, 0.15) is 17.5 Å². The highest BCUT2D eigenvalue weighted by Gasteiger charge is 2.09. The zero-order valence-electron chi connectivity index (χ0n) is 14.3. The third-order valence-corrected chi connectivity index (χ3v) is 4.45. The molecule has 0 heterocycles. The Bertz CT molecular complexity index is 740. The molecule has 2 rings (SSSR count). The Labute approximate surface area is 163 Å². The molecule has 0 bridgehead atoms. The summed E-state index contributed by atoms with van der Waals surface area (Å²) in [6.07, 6.45) is 0.666. The van der Waals surface area contributed by atoms with E-state index in [1.54, 1.807) is 12.1 Å². The molecule has 0 aliphatic heterocycles. The largest absolute Gasteiger partial charge is 0.484 e. The van der Waals surface area contributed by atoms with Gasteiger partial charge in [0, 0.05) is 26.2 Å². The summed E-state index contributed by atoms with van der Waals surface area (Å²) in [5.41, 5.74) is 7.18. The van der Waals surface area contributed by atoms with Crippen LogP contribution in [0.15, 0.2) is 42.5 Å². The summed E-state index contributed by atoms with van der Waals surface area (Å²) in [6.45, 7) is 2.03.